The molecule has 0 amide bonds. The Morgan fingerprint density at radius 1 is 1.56 bits per heavy atom. The van der Waals surface area contributed by atoms with Gasteiger partial charge in [-0.2, -0.15) is 4.98 Å². The molecule has 2 unspecified atom stereocenters. The van der Waals surface area contributed by atoms with Crippen LogP contribution in [0.4, 0.5) is 0 Å². The second kappa shape index (κ2) is 4.17. The van der Waals surface area contributed by atoms with Crippen LogP contribution in [0.3, 0.4) is 0 Å². The molecule has 2 N–H and O–H groups in total. The van der Waals surface area contributed by atoms with Crippen molar-refractivity contribution < 1.29 is 4.52 Å². The first kappa shape index (κ1) is 11.6. The first-order chi connectivity index (χ1) is 7.52. The zero-order valence-electron chi connectivity index (χ0n) is 10.4. The summed E-state index contributed by atoms with van der Waals surface area (Å²) in [5, 5.41) is 4.04. The molecule has 90 valence electrons. The summed E-state index contributed by atoms with van der Waals surface area (Å²) in [6.07, 6.45) is 4.13. The Hall–Kier alpha value is -0.900. The third-order valence-corrected chi connectivity index (χ3v) is 3.58. The van der Waals surface area contributed by atoms with E-state index in [9.17, 15) is 0 Å². The maximum atomic E-state index is 6.13. The molecule has 1 aromatic rings. The highest BCUT2D eigenvalue weighted by Crippen LogP contribution is 2.38. The third-order valence-electron chi connectivity index (χ3n) is 3.58. The molecule has 0 bridgehead atoms. The molecule has 4 nitrogen and oxygen atoms in total. The molecule has 0 saturated heterocycles. The zero-order valence-corrected chi connectivity index (χ0v) is 10.4. The van der Waals surface area contributed by atoms with Gasteiger partial charge in [0.2, 0.25) is 5.89 Å². The SMILES string of the molecule is CC(C)Cc1noc(C2(C)CCCC2N)n1. The molecule has 0 radical (unpaired) electrons. The molecule has 0 aliphatic heterocycles. The van der Waals surface area contributed by atoms with Crippen LogP contribution < -0.4 is 5.73 Å². The second-order valence-electron chi connectivity index (χ2n) is 5.53. The lowest BCUT2D eigenvalue weighted by Gasteiger charge is -2.23. The lowest BCUT2D eigenvalue weighted by atomic mass is 9.85. The van der Waals surface area contributed by atoms with Crippen LogP contribution in [0.25, 0.3) is 0 Å². The maximum Gasteiger partial charge on any atom is 0.234 e. The van der Waals surface area contributed by atoms with E-state index in [4.69, 9.17) is 10.3 Å². The highest BCUT2D eigenvalue weighted by atomic mass is 16.5. The van der Waals surface area contributed by atoms with Crippen molar-refractivity contribution in [2.75, 3.05) is 0 Å². The van der Waals surface area contributed by atoms with Gasteiger partial charge in [0, 0.05) is 12.5 Å². The normalized spacial score (nSPS) is 30.2. The molecule has 2 atom stereocenters. The van der Waals surface area contributed by atoms with E-state index in [-0.39, 0.29) is 11.5 Å². The minimum absolute atomic E-state index is 0.109. The first-order valence-corrected chi connectivity index (χ1v) is 6.11. The van der Waals surface area contributed by atoms with Crippen LogP contribution in [0.1, 0.15) is 51.7 Å². The summed E-state index contributed by atoms with van der Waals surface area (Å²) in [4.78, 5) is 4.50. The highest BCUT2D eigenvalue weighted by molar-refractivity contribution is 5.11. The molecular weight excluding hydrogens is 202 g/mol. The van der Waals surface area contributed by atoms with Crippen molar-refractivity contribution in [1.82, 2.24) is 10.1 Å². The molecule has 1 heterocycles. The van der Waals surface area contributed by atoms with Gasteiger partial charge in [0.1, 0.15) is 0 Å². The summed E-state index contributed by atoms with van der Waals surface area (Å²) in [6.45, 7) is 6.44. The van der Waals surface area contributed by atoms with Crippen LogP contribution in [0.15, 0.2) is 4.52 Å². The molecule has 1 aliphatic rings. The molecule has 0 aromatic carbocycles. The topological polar surface area (TPSA) is 64.9 Å². The Morgan fingerprint density at radius 3 is 2.88 bits per heavy atom. The summed E-state index contributed by atoms with van der Waals surface area (Å²) in [5.41, 5.74) is 6.02. The minimum Gasteiger partial charge on any atom is -0.339 e. The quantitative estimate of drug-likeness (QED) is 0.851. The molecular formula is C12H21N3O. The molecule has 4 heteroatoms. The van der Waals surface area contributed by atoms with Crippen LogP contribution in [-0.4, -0.2) is 16.2 Å². The number of nitrogens with two attached hydrogens (primary N) is 1. The van der Waals surface area contributed by atoms with Gasteiger partial charge in [0.15, 0.2) is 5.82 Å². The van der Waals surface area contributed by atoms with E-state index < -0.39 is 0 Å². The summed E-state index contributed by atoms with van der Waals surface area (Å²) in [6, 6.07) is 0.153. The molecule has 1 aliphatic carbocycles. The van der Waals surface area contributed by atoms with Gasteiger partial charge in [0.05, 0.1) is 5.41 Å². The second-order valence-corrected chi connectivity index (χ2v) is 5.53. The fraction of sp³-hybridized carbons (Fsp3) is 0.833. The Bertz CT molecular complexity index is 361. The monoisotopic (exact) mass is 223 g/mol. The van der Waals surface area contributed by atoms with Crippen molar-refractivity contribution >= 4 is 0 Å². The van der Waals surface area contributed by atoms with E-state index in [1.165, 1.54) is 0 Å². The third kappa shape index (κ3) is 1.98. The Kier molecular flexibility index (Phi) is 3.02. The van der Waals surface area contributed by atoms with Gasteiger partial charge in [-0.05, 0) is 25.7 Å². The van der Waals surface area contributed by atoms with Crippen LogP contribution >= 0.6 is 0 Å². The van der Waals surface area contributed by atoms with Crippen molar-refractivity contribution in [3.63, 3.8) is 0 Å². The summed E-state index contributed by atoms with van der Waals surface area (Å²) in [5.74, 6) is 2.09. The van der Waals surface area contributed by atoms with Crippen molar-refractivity contribution in [3.8, 4) is 0 Å². The van der Waals surface area contributed by atoms with Gasteiger partial charge in [0.25, 0.3) is 0 Å². The lowest BCUT2D eigenvalue weighted by molar-refractivity contribution is 0.276. The number of hydrogen-bond acceptors (Lipinski definition) is 4. The Labute approximate surface area is 96.6 Å². The van der Waals surface area contributed by atoms with Gasteiger partial charge in [-0.1, -0.05) is 25.4 Å². The average Bonchev–Trinajstić information content (AvgIpc) is 2.75. The van der Waals surface area contributed by atoms with Crippen molar-refractivity contribution in [1.29, 1.82) is 0 Å². The van der Waals surface area contributed by atoms with Gasteiger partial charge in [-0.25, -0.2) is 0 Å². The molecule has 1 fully saturated rings. The fourth-order valence-electron chi connectivity index (χ4n) is 2.39. The van der Waals surface area contributed by atoms with Crippen LogP contribution in [0.5, 0.6) is 0 Å². The van der Waals surface area contributed by atoms with Gasteiger partial charge >= 0.3 is 0 Å². The summed E-state index contributed by atoms with van der Waals surface area (Å²) in [7, 11) is 0. The maximum absolute atomic E-state index is 6.13. The van der Waals surface area contributed by atoms with Crippen LogP contribution in [-0.2, 0) is 11.8 Å². The van der Waals surface area contributed by atoms with Crippen LogP contribution in [0, 0.1) is 5.92 Å². The molecule has 1 saturated carbocycles. The predicted molar refractivity (Wildman–Crippen MR) is 62.0 cm³/mol. The first-order valence-electron chi connectivity index (χ1n) is 6.11. The largest absolute Gasteiger partial charge is 0.339 e. The van der Waals surface area contributed by atoms with Crippen molar-refractivity contribution in [3.05, 3.63) is 11.7 Å². The van der Waals surface area contributed by atoms with E-state index in [1.54, 1.807) is 0 Å². The Morgan fingerprint density at radius 2 is 2.31 bits per heavy atom. The van der Waals surface area contributed by atoms with Gasteiger partial charge < -0.3 is 10.3 Å². The van der Waals surface area contributed by atoms with Gasteiger partial charge in [-0.15, -0.1) is 0 Å². The zero-order chi connectivity index (χ0) is 11.8. The highest BCUT2D eigenvalue weighted by Gasteiger charge is 2.42. The molecule has 1 aromatic heterocycles. The van der Waals surface area contributed by atoms with Crippen LogP contribution in [0.2, 0.25) is 0 Å². The smallest absolute Gasteiger partial charge is 0.234 e. The number of aromatic nitrogens is 2. The Balaban J connectivity index is 2.18. The summed E-state index contributed by atoms with van der Waals surface area (Å²) < 4.78 is 5.38. The predicted octanol–water partition coefficient (Wildman–Crippen LogP) is 2.04. The summed E-state index contributed by atoms with van der Waals surface area (Å²) >= 11 is 0. The van der Waals surface area contributed by atoms with E-state index >= 15 is 0 Å². The molecule has 2 rings (SSSR count). The number of rotatable bonds is 3. The molecule has 0 spiro atoms. The van der Waals surface area contributed by atoms with Crippen molar-refractivity contribution in [2.24, 2.45) is 11.7 Å². The number of nitrogens with zero attached hydrogens (tertiary/aromatic N) is 2. The molecule has 16 heavy (non-hydrogen) atoms. The van der Waals surface area contributed by atoms with Crippen molar-refractivity contribution in [2.45, 2.75) is 57.9 Å². The standard InChI is InChI=1S/C12H21N3O/c1-8(2)7-10-14-11(16-15-10)12(3)6-4-5-9(12)13/h8-9H,4-7,13H2,1-3H3. The average molecular weight is 223 g/mol. The van der Waals surface area contributed by atoms with E-state index in [1.807, 2.05) is 0 Å². The number of hydrogen-bond donors (Lipinski definition) is 1. The minimum atomic E-state index is -0.109. The fourth-order valence-corrected chi connectivity index (χ4v) is 2.39. The van der Waals surface area contributed by atoms with E-state index in [0.29, 0.717) is 5.92 Å². The van der Waals surface area contributed by atoms with Gasteiger partial charge in [-0.3, -0.25) is 0 Å². The lowest BCUT2D eigenvalue weighted by Crippen LogP contribution is -2.38. The van der Waals surface area contributed by atoms with E-state index in [0.717, 1.165) is 37.4 Å². The van der Waals surface area contributed by atoms with E-state index in [2.05, 4.69) is 30.9 Å².